The molecule has 0 fully saturated rings. The molecule has 25 heavy (non-hydrogen) atoms. The summed E-state index contributed by atoms with van der Waals surface area (Å²) in [6.07, 6.45) is 1.60. The lowest BCUT2D eigenvalue weighted by molar-refractivity contribution is -0.136. The molecule has 1 aliphatic carbocycles. The molecule has 0 bridgehead atoms. The molecule has 0 spiro atoms. The zero-order chi connectivity index (χ0) is 17.2. The molecule has 0 unspecified atom stereocenters. The second-order valence-corrected chi connectivity index (χ2v) is 5.89. The monoisotopic (exact) mass is 337 g/mol. The van der Waals surface area contributed by atoms with Crippen LogP contribution in [0.1, 0.15) is 17.0 Å². The van der Waals surface area contributed by atoms with Crippen LogP contribution in [0.5, 0.6) is 0 Å². The molecule has 2 heterocycles. The summed E-state index contributed by atoms with van der Waals surface area (Å²) in [5, 5.41) is 27.8. The van der Waals surface area contributed by atoms with Crippen molar-refractivity contribution < 1.29 is 14.3 Å². The van der Waals surface area contributed by atoms with Crippen LogP contribution >= 0.6 is 0 Å². The average molecular weight is 337 g/mol. The van der Waals surface area contributed by atoms with Crippen LogP contribution in [-0.4, -0.2) is 37.5 Å². The summed E-state index contributed by atoms with van der Waals surface area (Å²) in [7, 11) is 0. The first-order chi connectivity index (χ1) is 12.2. The van der Waals surface area contributed by atoms with E-state index >= 15 is 0 Å². The molecule has 3 aromatic rings. The number of hydrogen-bond acceptors (Lipinski definition) is 7. The predicted octanol–water partition coefficient (Wildman–Crippen LogP) is 1.73. The van der Waals surface area contributed by atoms with Crippen molar-refractivity contribution in [1.82, 2.24) is 20.4 Å². The summed E-state index contributed by atoms with van der Waals surface area (Å²) in [6.45, 7) is 0. The Morgan fingerprint density at radius 2 is 1.84 bits per heavy atom. The molecule has 0 amide bonds. The van der Waals surface area contributed by atoms with Crippen LogP contribution in [0.15, 0.2) is 40.8 Å². The molecular formula is C17H15N5O3. The van der Waals surface area contributed by atoms with Crippen molar-refractivity contribution in [1.29, 1.82) is 0 Å². The quantitative estimate of drug-likeness (QED) is 0.723. The molecule has 8 heteroatoms. The van der Waals surface area contributed by atoms with Crippen LogP contribution in [0.2, 0.25) is 0 Å². The zero-order valence-electron chi connectivity index (χ0n) is 13.2. The highest BCUT2D eigenvalue weighted by Gasteiger charge is 2.21. The molecule has 126 valence electrons. The fraction of sp³-hybridized carbons (Fsp3) is 0.235. The van der Waals surface area contributed by atoms with Crippen LogP contribution in [0.25, 0.3) is 11.6 Å². The van der Waals surface area contributed by atoms with Gasteiger partial charge in [0.2, 0.25) is 5.89 Å². The summed E-state index contributed by atoms with van der Waals surface area (Å²) in [5.74, 6) is -0.163. The van der Waals surface area contributed by atoms with E-state index in [0.29, 0.717) is 17.6 Å². The summed E-state index contributed by atoms with van der Waals surface area (Å²) in [4.78, 5) is 10.6. The minimum atomic E-state index is -1.03. The van der Waals surface area contributed by atoms with Crippen molar-refractivity contribution in [3.63, 3.8) is 0 Å². The van der Waals surface area contributed by atoms with Gasteiger partial charge in [-0.2, -0.15) is 0 Å². The molecule has 2 N–H and O–H groups in total. The first-order valence-electron chi connectivity index (χ1n) is 7.89. The number of anilines is 1. The summed E-state index contributed by atoms with van der Waals surface area (Å²) in [6, 6.07) is 12.2. The minimum absolute atomic E-state index is 0.0372. The highest BCUT2D eigenvalue weighted by atomic mass is 16.4. The van der Waals surface area contributed by atoms with Gasteiger partial charge in [-0.05, 0) is 36.1 Å². The summed E-state index contributed by atoms with van der Waals surface area (Å²) in [5.41, 5.74) is 3.13. The van der Waals surface area contributed by atoms with E-state index in [1.807, 2.05) is 0 Å². The van der Waals surface area contributed by atoms with E-state index in [1.54, 1.807) is 12.1 Å². The van der Waals surface area contributed by atoms with Crippen molar-refractivity contribution in [3.8, 4) is 11.6 Å². The number of aromatic nitrogens is 4. The number of rotatable bonds is 5. The molecule has 0 atom stereocenters. The van der Waals surface area contributed by atoms with Crippen molar-refractivity contribution in [2.45, 2.75) is 25.3 Å². The Balaban J connectivity index is 1.42. The lowest BCUT2D eigenvalue weighted by Crippen LogP contribution is -2.20. The molecule has 1 aromatic carbocycles. The van der Waals surface area contributed by atoms with Crippen LogP contribution < -0.4 is 5.32 Å². The van der Waals surface area contributed by atoms with Gasteiger partial charge >= 0.3 is 5.97 Å². The largest absolute Gasteiger partial charge is 0.481 e. The maximum Gasteiger partial charge on any atom is 0.312 e. The highest BCUT2D eigenvalue weighted by molar-refractivity contribution is 5.68. The molecule has 2 aromatic heterocycles. The van der Waals surface area contributed by atoms with Crippen LogP contribution in [0.3, 0.4) is 0 Å². The van der Waals surface area contributed by atoms with Crippen molar-refractivity contribution in [2.24, 2.45) is 0 Å². The number of fused-ring (bicyclic) bond motifs is 1. The smallest absolute Gasteiger partial charge is 0.312 e. The van der Waals surface area contributed by atoms with Crippen LogP contribution in [0.4, 0.5) is 5.82 Å². The van der Waals surface area contributed by atoms with Gasteiger partial charge in [0.1, 0.15) is 17.9 Å². The minimum Gasteiger partial charge on any atom is -0.481 e. The fourth-order valence-electron chi connectivity index (χ4n) is 2.95. The van der Waals surface area contributed by atoms with E-state index in [4.69, 9.17) is 9.52 Å². The predicted molar refractivity (Wildman–Crippen MR) is 87.9 cm³/mol. The van der Waals surface area contributed by atoms with Gasteiger partial charge in [0.15, 0.2) is 0 Å². The number of hydrogen-bond donors (Lipinski definition) is 2. The van der Waals surface area contributed by atoms with Gasteiger partial charge in [0, 0.05) is 6.04 Å². The number of nitrogens with zero attached hydrogens (tertiary/aromatic N) is 4. The third kappa shape index (κ3) is 3.32. The maximum atomic E-state index is 10.6. The Hall–Kier alpha value is -3.29. The lowest BCUT2D eigenvalue weighted by atomic mass is 10.1. The molecule has 0 saturated carbocycles. The lowest BCUT2D eigenvalue weighted by Gasteiger charge is -2.11. The fourth-order valence-corrected chi connectivity index (χ4v) is 2.95. The van der Waals surface area contributed by atoms with Gasteiger partial charge in [0.25, 0.3) is 5.89 Å². The van der Waals surface area contributed by atoms with Crippen LogP contribution in [-0.2, 0) is 24.1 Å². The number of carbonyl (C=O) groups is 1. The average Bonchev–Trinajstić information content (AvgIpc) is 3.21. The topological polar surface area (TPSA) is 114 Å². The van der Waals surface area contributed by atoms with E-state index in [1.165, 1.54) is 11.1 Å². The third-order valence-electron chi connectivity index (χ3n) is 4.06. The Morgan fingerprint density at radius 3 is 2.48 bits per heavy atom. The Bertz CT molecular complexity index is 882. The number of benzene rings is 1. The number of nitrogens with one attached hydrogen (secondary N) is 1. The van der Waals surface area contributed by atoms with Gasteiger partial charge in [-0.1, -0.05) is 24.3 Å². The first kappa shape index (κ1) is 15.3. The zero-order valence-corrected chi connectivity index (χ0v) is 13.2. The van der Waals surface area contributed by atoms with Gasteiger partial charge in [-0.3, -0.25) is 4.79 Å². The third-order valence-corrected chi connectivity index (χ3v) is 4.06. The summed E-state index contributed by atoms with van der Waals surface area (Å²) >= 11 is 0. The van der Waals surface area contributed by atoms with Gasteiger partial charge < -0.3 is 14.8 Å². The normalized spacial score (nSPS) is 13.6. The number of aliphatic carboxylic acids is 1. The van der Waals surface area contributed by atoms with E-state index in [2.05, 4.69) is 50.0 Å². The van der Waals surface area contributed by atoms with Crippen molar-refractivity contribution in [3.05, 3.63) is 53.4 Å². The molecule has 0 aliphatic heterocycles. The number of carboxylic acid groups (broad SMARTS) is 1. The van der Waals surface area contributed by atoms with Crippen molar-refractivity contribution in [2.75, 3.05) is 5.32 Å². The molecule has 4 rings (SSSR count). The Kier molecular flexibility index (Phi) is 3.85. The van der Waals surface area contributed by atoms with Gasteiger partial charge in [-0.15, -0.1) is 20.4 Å². The summed E-state index contributed by atoms with van der Waals surface area (Å²) < 4.78 is 5.27. The molecule has 1 aliphatic rings. The first-order valence-corrected chi connectivity index (χ1v) is 7.89. The number of carboxylic acids is 1. The molecule has 0 saturated heterocycles. The van der Waals surface area contributed by atoms with E-state index in [9.17, 15) is 4.79 Å². The van der Waals surface area contributed by atoms with E-state index in [0.717, 1.165) is 12.8 Å². The maximum absolute atomic E-state index is 10.6. The molecular weight excluding hydrogens is 322 g/mol. The Morgan fingerprint density at radius 1 is 1.08 bits per heavy atom. The van der Waals surface area contributed by atoms with Gasteiger partial charge in [0.05, 0.1) is 0 Å². The standard InChI is InChI=1S/C17H15N5O3/c23-16(24)9-15-21-22-17(25-15)13-5-6-14(20-19-13)18-12-7-10-3-1-2-4-11(10)8-12/h1-6,12H,7-9H2,(H,18,20)(H,23,24). The van der Waals surface area contributed by atoms with E-state index in [-0.39, 0.29) is 18.2 Å². The SMILES string of the molecule is O=C(O)Cc1nnc(-c2ccc(NC3Cc4ccccc4C3)nn2)o1. The van der Waals surface area contributed by atoms with Crippen LogP contribution in [0, 0.1) is 0 Å². The van der Waals surface area contributed by atoms with Crippen molar-refractivity contribution >= 4 is 11.8 Å². The second-order valence-electron chi connectivity index (χ2n) is 5.89. The second kappa shape index (κ2) is 6.31. The molecule has 0 radical (unpaired) electrons. The van der Waals surface area contributed by atoms with E-state index < -0.39 is 5.97 Å². The Labute approximate surface area is 142 Å². The molecule has 8 nitrogen and oxygen atoms in total. The van der Waals surface area contributed by atoms with Gasteiger partial charge in [-0.25, -0.2) is 0 Å². The highest BCUT2D eigenvalue weighted by Crippen LogP contribution is 2.24.